The Labute approximate surface area is 118 Å². The van der Waals surface area contributed by atoms with Gasteiger partial charge in [0, 0.05) is 18.0 Å². The molecule has 0 atom stereocenters. The van der Waals surface area contributed by atoms with Crippen LogP contribution in [0.15, 0.2) is 10.5 Å². The topological polar surface area (TPSA) is 49.3 Å². The number of nitrogens with zero attached hydrogens (tertiary/aromatic N) is 2. The second-order valence-electron chi connectivity index (χ2n) is 3.09. The van der Waals surface area contributed by atoms with Crippen LogP contribution in [0.2, 0.25) is 0 Å². The summed E-state index contributed by atoms with van der Waals surface area (Å²) >= 11 is 1.65. The van der Waals surface area contributed by atoms with Gasteiger partial charge in [-0.2, -0.15) is 0 Å². The Morgan fingerprint density at radius 3 is 2.44 bits per heavy atom. The highest BCUT2D eigenvalue weighted by Crippen LogP contribution is 2.12. The lowest BCUT2D eigenvalue weighted by Crippen LogP contribution is -2.36. The zero-order valence-electron chi connectivity index (χ0n) is 9.91. The number of guanidine groups is 1. The van der Waals surface area contributed by atoms with E-state index in [2.05, 4.69) is 34.5 Å². The van der Waals surface area contributed by atoms with E-state index in [1.54, 1.807) is 11.3 Å². The first-order valence-electron chi connectivity index (χ1n) is 5.19. The van der Waals surface area contributed by atoms with E-state index >= 15 is 0 Å². The summed E-state index contributed by atoms with van der Waals surface area (Å²) in [5.41, 5.74) is 2.94. The highest BCUT2D eigenvalue weighted by atomic mass is 127. The number of nitrogens with one attached hydrogen (secondary N) is 2. The number of hydrogen-bond donors (Lipinski definition) is 2. The molecule has 92 valence electrons. The normalized spacial score (nSPS) is 9.19. The lowest BCUT2D eigenvalue weighted by atomic mass is 10.4. The number of aliphatic imine (C=N–C) groups is 1. The van der Waals surface area contributed by atoms with E-state index in [0.717, 1.165) is 24.7 Å². The van der Waals surface area contributed by atoms with E-state index in [-0.39, 0.29) is 24.0 Å². The summed E-state index contributed by atoms with van der Waals surface area (Å²) in [6.07, 6.45) is 0. The van der Waals surface area contributed by atoms with Crippen LogP contribution < -0.4 is 10.6 Å². The first-order valence-corrected chi connectivity index (χ1v) is 6.07. The van der Waals surface area contributed by atoms with Crippen molar-refractivity contribution in [3.63, 3.8) is 0 Å². The van der Waals surface area contributed by atoms with Crippen molar-refractivity contribution < 1.29 is 0 Å². The standard InChI is InChI=1S/C10H18N4S.HI/c1-4-11-10(12-5-2)13-6-9-8(3)14-7-15-9;/h7H,4-6H2,1-3H3,(H2,11,12,13);1H. The van der Waals surface area contributed by atoms with E-state index in [4.69, 9.17) is 0 Å². The number of aryl methyl sites for hydroxylation is 1. The van der Waals surface area contributed by atoms with Crippen molar-refractivity contribution in [2.75, 3.05) is 13.1 Å². The van der Waals surface area contributed by atoms with Crippen LogP contribution in [0, 0.1) is 6.92 Å². The maximum absolute atomic E-state index is 4.47. The number of thiazole rings is 1. The smallest absolute Gasteiger partial charge is 0.191 e. The van der Waals surface area contributed by atoms with Gasteiger partial charge in [-0.25, -0.2) is 9.98 Å². The third-order valence-corrected chi connectivity index (χ3v) is 2.83. The summed E-state index contributed by atoms with van der Waals surface area (Å²) in [6, 6.07) is 0. The second kappa shape index (κ2) is 8.74. The molecule has 1 aromatic rings. The van der Waals surface area contributed by atoms with Crippen LogP contribution in [0.4, 0.5) is 0 Å². The maximum atomic E-state index is 4.47. The largest absolute Gasteiger partial charge is 0.357 e. The predicted molar refractivity (Wildman–Crippen MR) is 80.8 cm³/mol. The molecule has 2 N–H and O–H groups in total. The van der Waals surface area contributed by atoms with Gasteiger partial charge < -0.3 is 10.6 Å². The highest BCUT2D eigenvalue weighted by molar-refractivity contribution is 14.0. The van der Waals surface area contributed by atoms with Crippen molar-refractivity contribution in [1.82, 2.24) is 15.6 Å². The molecule has 0 fully saturated rings. The van der Waals surface area contributed by atoms with E-state index in [1.807, 2.05) is 12.4 Å². The van der Waals surface area contributed by atoms with Crippen molar-refractivity contribution in [2.45, 2.75) is 27.3 Å². The predicted octanol–water partition coefficient (Wildman–Crippen LogP) is 2.14. The first-order chi connectivity index (χ1) is 7.27. The minimum atomic E-state index is 0. The molecule has 0 aliphatic heterocycles. The summed E-state index contributed by atoms with van der Waals surface area (Å²) < 4.78 is 0. The monoisotopic (exact) mass is 354 g/mol. The minimum absolute atomic E-state index is 0. The van der Waals surface area contributed by atoms with Crippen LogP contribution in [0.25, 0.3) is 0 Å². The molecule has 4 nitrogen and oxygen atoms in total. The van der Waals surface area contributed by atoms with Gasteiger partial charge in [0.1, 0.15) is 0 Å². The Hall–Kier alpha value is -0.370. The molecule has 0 saturated heterocycles. The third-order valence-electron chi connectivity index (χ3n) is 1.91. The van der Waals surface area contributed by atoms with Crippen LogP contribution in [0.5, 0.6) is 0 Å². The molecule has 1 rings (SSSR count). The molecule has 0 spiro atoms. The average Bonchev–Trinajstić information content (AvgIpc) is 2.61. The molecule has 0 amide bonds. The zero-order chi connectivity index (χ0) is 11.1. The van der Waals surface area contributed by atoms with E-state index in [0.29, 0.717) is 6.54 Å². The maximum Gasteiger partial charge on any atom is 0.191 e. The van der Waals surface area contributed by atoms with Crippen molar-refractivity contribution in [2.24, 2.45) is 4.99 Å². The fraction of sp³-hybridized carbons (Fsp3) is 0.600. The second-order valence-corrected chi connectivity index (χ2v) is 4.03. The van der Waals surface area contributed by atoms with Gasteiger partial charge in [-0.3, -0.25) is 0 Å². The highest BCUT2D eigenvalue weighted by Gasteiger charge is 2.00. The fourth-order valence-corrected chi connectivity index (χ4v) is 1.84. The molecule has 0 bridgehead atoms. The van der Waals surface area contributed by atoms with Gasteiger partial charge in [-0.05, 0) is 20.8 Å². The van der Waals surface area contributed by atoms with E-state index in [1.165, 1.54) is 4.88 Å². The van der Waals surface area contributed by atoms with Crippen molar-refractivity contribution in [3.8, 4) is 0 Å². The van der Waals surface area contributed by atoms with Gasteiger partial charge in [0.2, 0.25) is 0 Å². The zero-order valence-corrected chi connectivity index (χ0v) is 13.1. The molecular weight excluding hydrogens is 335 g/mol. The third kappa shape index (κ3) is 5.11. The van der Waals surface area contributed by atoms with Crippen LogP contribution in [0.3, 0.4) is 0 Å². The molecule has 1 aromatic heterocycles. The first kappa shape index (κ1) is 15.6. The molecule has 6 heteroatoms. The Morgan fingerprint density at radius 1 is 1.38 bits per heavy atom. The SMILES string of the molecule is CCNC(=NCc1scnc1C)NCC.I. The van der Waals surface area contributed by atoms with Crippen molar-refractivity contribution in [3.05, 3.63) is 16.1 Å². The molecule has 16 heavy (non-hydrogen) atoms. The molecule has 0 aliphatic carbocycles. The summed E-state index contributed by atoms with van der Waals surface area (Å²) in [4.78, 5) is 9.89. The Balaban J connectivity index is 0.00000225. The lowest BCUT2D eigenvalue weighted by Gasteiger charge is -2.08. The summed E-state index contributed by atoms with van der Waals surface area (Å²) in [7, 11) is 0. The summed E-state index contributed by atoms with van der Waals surface area (Å²) in [5.74, 6) is 0.868. The van der Waals surface area contributed by atoms with Gasteiger partial charge >= 0.3 is 0 Å². The molecular formula is C10H19IN4S. The van der Waals surface area contributed by atoms with Gasteiger partial charge in [-0.15, -0.1) is 35.3 Å². The number of aromatic nitrogens is 1. The summed E-state index contributed by atoms with van der Waals surface area (Å²) in [5, 5.41) is 6.38. The number of halogens is 1. The Bertz CT molecular complexity index is 316. The minimum Gasteiger partial charge on any atom is -0.357 e. The van der Waals surface area contributed by atoms with Crippen LogP contribution in [0.1, 0.15) is 24.4 Å². The number of hydrogen-bond acceptors (Lipinski definition) is 3. The molecule has 0 saturated carbocycles. The number of rotatable bonds is 4. The Morgan fingerprint density at radius 2 is 2.00 bits per heavy atom. The lowest BCUT2D eigenvalue weighted by molar-refractivity contribution is 0.840. The molecule has 0 aliphatic rings. The van der Waals surface area contributed by atoms with E-state index in [9.17, 15) is 0 Å². The molecule has 0 unspecified atom stereocenters. The van der Waals surface area contributed by atoms with Crippen molar-refractivity contribution in [1.29, 1.82) is 0 Å². The van der Waals surface area contributed by atoms with Gasteiger partial charge in [-0.1, -0.05) is 0 Å². The van der Waals surface area contributed by atoms with Crippen LogP contribution >= 0.6 is 35.3 Å². The fourth-order valence-electron chi connectivity index (χ4n) is 1.14. The van der Waals surface area contributed by atoms with Gasteiger partial charge in [0.25, 0.3) is 0 Å². The average molecular weight is 354 g/mol. The molecule has 0 aromatic carbocycles. The Kier molecular flexibility index (Phi) is 8.54. The van der Waals surface area contributed by atoms with Crippen LogP contribution in [-0.2, 0) is 6.54 Å². The summed E-state index contributed by atoms with van der Waals surface area (Å²) in [6.45, 7) is 8.60. The van der Waals surface area contributed by atoms with E-state index < -0.39 is 0 Å². The van der Waals surface area contributed by atoms with Crippen LogP contribution in [-0.4, -0.2) is 24.0 Å². The van der Waals surface area contributed by atoms with Gasteiger partial charge in [0.15, 0.2) is 5.96 Å². The molecule has 0 radical (unpaired) electrons. The van der Waals surface area contributed by atoms with Crippen molar-refractivity contribution >= 4 is 41.3 Å². The van der Waals surface area contributed by atoms with Gasteiger partial charge in [0.05, 0.1) is 17.7 Å². The molecule has 1 heterocycles. The quantitative estimate of drug-likeness (QED) is 0.495.